The zero-order chi connectivity index (χ0) is 13.7. The molecule has 6 nitrogen and oxygen atoms in total. The van der Waals surface area contributed by atoms with E-state index in [9.17, 15) is 9.59 Å². The second-order valence-corrected chi connectivity index (χ2v) is 4.95. The first-order valence-electron chi connectivity index (χ1n) is 5.67. The van der Waals surface area contributed by atoms with E-state index in [4.69, 9.17) is 10.8 Å². The van der Waals surface area contributed by atoms with Gasteiger partial charge in [-0.15, -0.1) is 11.3 Å². The standard InChI is InChI=1S/C11H17N3O3S/c1-3-6(2)9(11(16)17)14-10(15)7-5-18-8(4-12)13-7/h5-6,9H,3-4,12H2,1-2H3,(H,14,15)(H,16,17). The van der Waals surface area contributed by atoms with Gasteiger partial charge in [-0.05, 0) is 5.92 Å². The van der Waals surface area contributed by atoms with Crippen LogP contribution in [0, 0.1) is 5.92 Å². The number of nitrogens with two attached hydrogens (primary N) is 1. The minimum absolute atomic E-state index is 0.140. The van der Waals surface area contributed by atoms with E-state index < -0.39 is 17.9 Å². The van der Waals surface area contributed by atoms with Crippen molar-refractivity contribution in [3.8, 4) is 0 Å². The Morgan fingerprint density at radius 2 is 2.28 bits per heavy atom. The average Bonchev–Trinajstić information content (AvgIpc) is 2.83. The lowest BCUT2D eigenvalue weighted by atomic mass is 9.99. The number of carboxylic acid groups (broad SMARTS) is 1. The van der Waals surface area contributed by atoms with Gasteiger partial charge in [0.15, 0.2) is 0 Å². The summed E-state index contributed by atoms with van der Waals surface area (Å²) in [6.07, 6.45) is 0.669. The van der Waals surface area contributed by atoms with Crippen LogP contribution in [0.15, 0.2) is 5.38 Å². The lowest BCUT2D eigenvalue weighted by molar-refractivity contribution is -0.140. The first kappa shape index (κ1) is 14.6. The molecule has 2 atom stereocenters. The Bertz CT molecular complexity index is 433. The molecule has 0 spiro atoms. The number of nitrogens with zero attached hydrogens (tertiary/aromatic N) is 1. The monoisotopic (exact) mass is 271 g/mol. The predicted molar refractivity (Wildman–Crippen MR) is 68.4 cm³/mol. The Morgan fingerprint density at radius 1 is 1.61 bits per heavy atom. The molecule has 0 aliphatic carbocycles. The first-order valence-corrected chi connectivity index (χ1v) is 6.55. The van der Waals surface area contributed by atoms with Crippen molar-refractivity contribution in [3.05, 3.63) is 16.1 Å². The molecule has 1 aromatic rings. The highest BCUT2D eigenvalue weighted by molar-refractivity contribution is 7.09. The second kappa shape index (κ2) is 6.46. The molecule has 1 aromatic heterocycles. The molecule has 0 saturated carbocycles. The molecule has 0 aliphatic heterocycles. The molecule has 0 fully saturated rings. The number of hydrogen-bond donors (Lipinski definition) is 3. The molecule has 0 radical (unpaired) electrons. The minimum atomic E-state index is -1.04. The van der Waals surface area contributed by atoms with Gasteiger partial charge in [0.05, 0.1) is 0 Å². The summed E-state index contributed by atoms with van der Waals surface area (Å²) < 4.78 is 0. The van der Waals surface area contributed by atoms with Gasteiger partial charge in [0.1, 0.15) is 16.7 Å². The summed E-state index contributed by atoms with van der Waals surface area (Å²) in [5, 5.41) is 13.8. The number of amides is 1. The molecule has 7 heteroatoms. The van der Waals surface area contributed by atoms with Gasteiger partial charge in [-0.1, -0.05) is 20.3 Å². The number of carbonyl (C=O) groups is 2. The Balaban J connectivity index is 2.75. The van der Waals surface area contributed by atoms with Crippen LogP contribution in [0.3, 0.4) is 0 Å². The molecular formula is C11H17N3O3S. The summed E-state index contributed by atoms with van der Waals surface area (Å²) in [6.45, 7) is 3.93. The maximum Gasteiger partial charge on any atom is 0.326 e. The number of hydrogen-bond acceptors (Lipinski definition) is 5. The van der Waals surface area contributed by atoms with Crippen molar-refractivity contribution in [2.75, 3.05) is 0 Å². The molecule has 0 saturated heterocycles. The summed E-state index contributed by atoms with van der Waals surface area (Å²) in [6, 6.07) is -0.898. The third-order valence-electron chi connectivity index (χ3n) is 2.72. The molecule has 1 amide bonds. The maximum absolute atomic E-state index is 11.8. The van der Waals surface area contributed by atoms with E-state index in [0.717, 1.165) is 0 Å². The van der Waals surface area contributed by atoms with Gasteiger partial charge in [0, 0.05) is 11.9 Å². The Hall–Kier alpha value is -1.47. The van der Waals surface area contributed by atoms with Crippen LogP contribution in [-0.2, 0) is 11.3 Å². The van der Waals surface area contributed by atoms with Crippen molar-refractivity contribution in [1.82, 2.24) is 10.3 Å². The van der Waals surface area contributed by atoms with Gasteiger partial charge in [-0.3, -0.25) is 4.79 Å². The number of rotatable bonds is 6. The zero-order valence-corrected chi connectivity index (χ0v) is 11.2. The molecule has 1 heterocycles. The highest BCUT2D eigenvalue weighted by atomic mass is 32.1. The number of aromatic nitrogens is 1. The van der Waals surface area contributed by atoms with Crippen molar-refractivity contribution in [2.45, 2.75) is 32.9 Å². The van der Waals surface area contributed by atoms with Crippen LogP contribution in [0.25, 0.3) is 0 Å². The van der Waals surface area contributed by atoms with Crippen LogP contribution >= 0.6 is 11.3 Å². The molecule has 4 N–H and O–H groups in total. The topological polar surface area (TPSA) is 105 Å². The molecule has 0 aliphatic rings. The van der Waals surface area contributed by atoms with Gasteiger partial charge in [0.2, 0.25) is 0 Å². The minimum Gasteiger partial charge on any atom is -0.480 e. The van der Waals surface area contributed by atoms with Crippen LogP contribution in [0.5, 0.6) is 0 Å². The Labute approximate surface area is 109 Å². The summed E-state index contributed by atoms with van der Waals surface area (Å²) in [4.78, 5) is 26.9. The van der Waals surface area contributed by atoms with Gasteiger partial charge in [-0.25, -0.2) is 9.78 Å². The van der Waals surface area contributed by atoms with Crippen LogP contribution in [0.2, 0.25) is 0 Å². The lowest BCUT2D eigenvalue weighted by Gasteiger charge is -2.19. The lowest BCUT2D eigenvalue weighted by Crippen LogP contribution is -2.45. The molecule has 100 valence electrons. The van der Waals surface area contributed by atoms with Crippen molar-refractivity contribution < 1.29 is 14.7 Å². The van der Waals surface area contributed by atoms with E-state index in [1.165, 1.54) is 11.3 Å². The molecular weight excluding hydrogens is 254 g/mol. The highest BCUT2D eigenvalue weighted by Crippen LogP contribution is 2.12. The largest absolute Gasteiger partial charge is 0.480 e. The maximum atomic E-state index is 11.8. The molecule has 2 unspecified atom stereocenters. The SMILES string of the molecule is CCC(C)C(NC(=O)c1csc(CN)n1)C(=O)O. The van der Waals surface area contributed by atoms with E-state index in [1.54, 1.807) is 12.3 Å². The van der Waals surface area contributed by atoms with Crippen molar-refractivity contribution >= 4 is 23.2 Å². The van der Waals surface area contributed by atoms with E-state index >= 15 is 0 Å². The van der Waals surface area contributed by atoms with Gasteiger partial charge in [-0.2, -0.15) is 0 Å². The smallest absolute Gasteiger partial charge is 0.326 e. The summed E-state index contributed by atoms with van der Waals surface area (Å²) >= 11 is 1.28. The number of thiazole rings is 1. The van der Waals surface area contributed by atoms with Gasteiger partial charge < -0.3 is 16.2 Å². The highest BCUT2D eigenvalue weighted by Gasteiger charge is 2.26. The van der Waals surface area contributed by atoms with Crippen molar-refractivity contribution in [1.29, 1.82) is 0 Å². The third-order valence-corrected chi connectivity index (χ3v) is 3.60. The second-order valence-electron chi connectivity index (χ2n) is 4.01. The van der Waals surface area contributed by atoms with E-state index in [1.807, 2.05) is 6.92 Å². The van der Waals surface area contributed by atoms with Crippen LogP contribution < -0.4 is 11.1 Å². The van der Waals surface area contributed by atoms with E-state index in [2.05, 4.69) is 10.3 Å². The molecule has 0 aromatic carbocycles. The molecule has 0 bridgehead atoms. The third kappa shape index (κ3) is 3.51. The van der Waals surface area contributed by atoms with Crippen LogP contribution in [0.4, 0.5) is 0 Å². The summed E-state index contributed by atoms with van der Waals surface area (Å²) in [5.74, 6) is -1.65. The number of carbonyl (C=O) groups excluding carboxylic acids is 1. The first-order chi connectivity index (χ1) is 8.49. The number of carboxylic acids is 1. The van der Waals surface area contributed by atoms with Gasteiger partial charge in [0.25, 0.3) is 5.91 Å². The summed E-state index contributed by atoms with van der Waals surface area (Å²) in [5.41, 5.74) is 5.62. The van der Waals surface area contributed by atoms with Crippen LogP contribution in [0.1, 0.15) is 35.8 Å². The van der Waals surface area contributed by atoms with Crippen molar-refractivity contribution in [2.24, 2.45) is 11.7 Å². The number of aliphatic carboxylic acids is 1. The molecule has 18 heavy (non-hydrogen) atoms. The van der Waals surface area contributed by atoms with Gasteiger partial charge >= 0.3 is 5.97 Å². The van der Waals surface area contributed by atoms with E-state index in [0.29, 0.717) is 11.4 Å². The quantitative estimate of drug-likeness (QED) is 0.710. The fraction of sp³-hybridized carbons (Fsp3) is 0.545. The average molecular weight is 271 g/mol. The molecule has 1 rings (SSSR count). The predicted octanol–water partition coefficient (Wildman–Crippen LogP) is 0.831. The van der Waals surface area contributed by atoms with E-state index in [-0.39, 0.29) is 18.2 Å². The fourth-order valence-electron chi connectivity index (χ4n) is 1.41. The Morgan fingerprint density at radius 3 is 2.72 bits per heavy atom. The normalized spacial score (nSPS) is 13.9. The fourth-order valence-corrected chi connectivity index (χ4v) is 2.06. The summed E-state index contributed by atoms with van der Waals surface area (Å²) in [7, 11) is 0. The number of nitrogens with one attached hydrogen (secondary N) is 1. The zero-order valence-electron chi connectivity index (χ0n) is 10.3. The van der Waals surface area contributed by atoms with Crippen LogP contribution in [-0.4, -0.2) is 28.0 Å². The Kier molecular flexibility index (Phi) is 5.24. The van der Waals surface area contributed by atoms with Crippen molar-refractivity contribution in [3.63, 3.8) is 0 Å².